The number of nitrogens with zero attached hydrogens (tertiary/aromatic N) is 1. The average molecular weight is 295 g/mol. The lowest BCUT2D eigenvalue weighted by atomic mass is 9.74. The summed E-state index contributed by atoms with van der Waals surface area (Å²) in [4.78, 5) is 2.91. The van der Waals surface area contributed by atoms with Crippen LogP contribution in [0.2, 0.25) is 0 Å². The van der Waals surface area contributed by atoms with E-state index in [0.29, 0.717) is 11.0 Å². The molecule has 0 aromatic carbocycles. The van der Waals surface area contributed by atoms with Gasteiger partial charge in [0.1, 0.15) is 0 Å². The van der Waals surface area contributed by atoms with Gasteiger partial charge in [-0.2, -0.15) is 0 Å². The molecule has 1 N–H and O–H groups in total. The Morgan fingerprint density at radius 1 is 1.10 bits per heavy atom. The van der Waals surface area contributed by atoms with Crippen molar-refractivity contribution in [2.24, 2.45) is 11.3 Å². The number of hydrogen-bond acceptors (Lipinski definition) is 2. The van der Waals surface area contributed by atoms with Crippen LogP contribution in [0.5, 0.6) is 0 Å². The fourth-order valence-electron chi connectivity index (χ4n) is 4.42. The van der Waals surface area contributed by atoms with Crippen molar-refractivity contribution >= 4 is 0 Å². The summed E-state index contributed by atoms with van der Waals surface area (Å²) in [5.74, 6) is 0.749. The van der Waals surface area contributed by atoms with E-state index in [0.717, 1.165) is 18.0 Å². The first-order valence-electron chi connectivity index (χ1n) is 9.33. The predicted molar refractivity (Wildman–Crippen MR) is 92.7 cm³/mol. The molecule has 1 unspecified atom stereocenters. The summed E-state index contributed by atoms with van der Waals surface area (Å²) in [5.41, 5.74) is 0.933. The first-order valence-corrected chi connectivity index (χ1v) is 9.33. The summed E-state index contributed by atoms with van der Waals surface area (Å²) in [6, 6.07) is 1.55. The summed E-state index contributed by atoms with van der Waals surface area (Å²) >= 11 is 0. The first-order chi connectivity index (χ1) is 9.82. The Hall–Kier alpha value is -0.0800. The van der Waals surface area contributed by atoms with E-state index in [1.54, 1.807) is 0 Å². The van der Waals surface area contributed by atoms with Crippen LogP contribution in [-0.4, -0.2) is 35.6 Å². The van der Waals surface area contributed by atoms with Crippen LogP contribution in [0.15, 0.2) is 0 Å². The molecule has 0 amide bonds. The highest BCUT2D eigenvalue weighted by Crippen LogP contribution is 2.39. The Kier molecular flexibility index (Phi) is 5.41. The summed E-state index contributed by atoms with van der Waals surface area (Å²) in [6.45, 7) is 16.8. The van der Waals surface area contributed by atoms with Gasteiger partial charge in [-0.3, -0.25) is 4.90 Å². The third-order valence-corrected chi connectivity index (χ3v) is 6.50. The molecule has 2 heteroatoms. The number of hydrogen-bond donors (Lipinski definition) is 1. The summed E-state index contributed by atoms with van der Waals surface area (Å²) in [5, 5.41) is 3.91. The molecule has 2 rings (SSSR count). The second kappa shape index (κ2) is 6.58. The van der Waals surface area contributed by atoms with Crippen LogP contribution in [0.25, 0.3) is 0 Å². The molecule has 1 saturated carbocycles. The molecule has 1 heterocycles. The SMILES string of the molecule is CCC1(CC)CN(C2CCC(C)(C)CC2)C(C(C)C)CN1. The molecular weight excluding hydrogens is 256 g/mol. The largest absolute Gasteiger partial charge is 0.308 e. The lowest BCUT2D eigenvalue weighted by Gasteiger charge is -2.53. The molecule has 124 valence electrons. The molecule has 2 fully saturated rings. The lowest BCUT2D eigenvalue weighted by molar-refractivity contribution is -0.00720. The van der Waals surface area contributed by atoms with E-state index >= 15 is 0 Å². The zero-order valence-electron chi connectivity index (χ0n) is 15.3. The van der Waals surface area contributed by atoms with E-state index < -0.39 is 0 Å². The molecule has 0 spiro atoms. The highest BCUT2D eigenvalue weighted by Gasteiger charge is 2.42. The monoisotopic (exact) mass is 294 g/mol. The second-order valence-electron chi connectivity index (χ2n) is 8.75. The average Bonchev–Trinajstić information content (AvgIpc) is 2.46. The smallest absolute Gasteiger partial charge is 0.0304 e. The standard InChI is InChI=1S/C19H38N2/c1-7-19(8-2)14-21(17(13-20-19)15(3)4)16-9-11-18(5,6)12-10-16/h15-17,20H,7-14H2,1-6H3. The van der Waals surface area contributed by atoms with Crippen molar-refractivity contribution in [3.05, 3.63) is 0 Å². The predicted octanol–water partition coefficient (Wildman–Crippen LogP) is 4.44. The van der Waals surface area contributed by atoms with E-state index in [2.05, 4.69) is 51.8 Å². The minimum Gasteiger partial charge on any atom is -0.308 e. The van der Waals surface area contributed by atoms with Gasteiger partial charge >= 0.3 is 0 Å². The number of nitrogens with one attached hydrogen (secondary N) is 1. The molecule has 1 aliphatic carbocycles. The van der Waals surface area contributed by atoms with Gasteiger partial charge in [-0.15, -0.1) is 0 Å². The van der Waals surface area contributed by atoms with Gasteiger partial charge in [0, 0.05) is 30.7 Å². The van der Waals surface area contributed by atoms with Crippen molar-refractivity contribution in [2.45, 2.75) is 97.7 Å². The lowest BCUT2D eigenvalue weighted by Crippen LogP contribution is -2.67. The number of rotatable bonds is 4. The van der Waals surface area contributed by atoms with Crippen molar-refractivity contribution in [1.29, 1.82) is 0 Å². The second-order valence-corrected chi connectivity index (χ2v) is 8.75. The van der Waals surface area contributed by atoms with Crippen LogP contribution in [-0.2, 0) is 0 Å². The minimum atomic E-state index is 0.359. The van der Waals surface area contributed by atoms with Crippen LogP contribution in [0.1, 0.15) is 80.1 Å². The van der Waals surface area contributed by atoms with Crippen molar-refractivity contribution in [3.8, 4) is 0 Å². The van der Waals surface area contributed by atoms with Gasteiger partial charge in [0.15, 0.2) is 0 Å². The van der Waals surface area contributed by atoms with Crippen molar-refractivity contribution in [3.63, 3.8) is 0 Å². The number of piperazine rings is 1. The van der Waals surface area contributed by atoms with Gasteiger partial charge in [0.05, 0.1) is 0 Å². The van der Waals surface area contributed by atoms with Crippen LogP contribution < -0.4 is 5.32 Å². The van der Waals surface area contributed by atoms with E-state index in [-0.39, 0.29) is 0 Å². The highest BCUT2D eigenvalue weighted by atomic mass is 15.3. The highest BCUT2D eigenvalue weighted by molar-refractivity contribution is 5.00. The maximum absolute atomic E-state index is 3.91. The third-order valence-electron chi connectivity index (χ3n) is 6.50. The Morgan fingerprint density at radius 2 is 1.67 bits per heavy atom. The summed E-state index contributed by atoms with van der Waals surface area (Å²) in [7, 11) is 0. The quantitative estimate of drug-likeness (QED) is 0.824. The van der Waals surface area contributed by atoms with Crippen LogP contribution in [0, 0.1) is 11.3 Å². The third kappa shape index (κ3) is 3.82. The Morgan fingerprint density at radius 3 is 2.14 bits per heavy atom. The van der Waals surface area contributed by atoms with Crippen LogP contribution in [0.4, 0.5) is 0 Å². The Labute approximate surface area is 133 Å². The molecule has 2 nitrogen and oxygen atoms in total. The maximum Gasteiger partial charge on any atom is 0.0304 e. The molecule has 1 aliphatic heterocycles. The molecular formula is C19H38N2. The Balaban J connectivity index is 2.11. The van der Waals surface area contributed by atoms with E-state index in [1.165, 1.54) is 51.6 Å². The van der Waals surface area contributed by atoms with Crippen molar-refractivity contribution < 1.29 is 0 Å². The van der Waals surface area contributed by atoms with Gasteiger partial charge < -0.3 is 5.32 Å². The fraction of sp³-hybridized carbons (Fsp3) is 1.00. The van der Waals surface area contributed by atoms with Crippen LogP contribution >= 0.6 is 0 Å². The van der Waals surface area contributed by atoms with Gasteiger partial charge in [-0.25, -0.2) is 0 Å². The molecule has 1 atom stereocenters. The van der Waals surface area contributed by atoms with Gasteiger partial charge in [0.2, 0.25) is 0 Å². The van der Waals surface area contributed by atoms with Crippen molar-refractivity contribution in [2.75, 3.05) is 13.1 Å². The fourth-order valence-corrected chi connectivity index (χ4v) is 4.42. The molecule has 0 aromatic rings. The zero-order valence-corrected chi connectivity index (χ0v) is 15.3. The van der Waals surface area contributed by atoms with Gasteiger partial charge in [-0.1, -0.05) is 41.5 Å². The molecule has 1 saturated heterocycles. The van der Waals surface area contributed by atoms with Gasteiger partial charge in [0.25, 0.3) is 0 Å². The summed E-state index contributed by atoms with van der Waals surface area (Å²) in [6.07, 6.45) is 8.11. The van der Waals surface area contributed by atoms with Crippen molar-refractivity contribution in [1.82, 2.24) is 10.2 Å². The molecule has 0 aromatic heterocycles. The van der Waals surface area contributed by atoms with Crippen LogP contribution in [0.3, 0.4) is 0 Å². The maximum atomic E-state index is 3.91. The summed E-state index contributed by atoms with van der Waals surface area (Å²) < 4.78 is 0. The molecule has 0 radical (unpaired) electrons. The van der Waals surface area contributed by atoms with E-state index in [9.17, 15) is 0 Å². The first kappa shape index (κ1) is 17.3. The normalized spacial score (nSPS) is 30.7. The molecule has 21 heavy (non-hydrogen) atoms. The van der Waals surface area contributed by atoms with Gasteiger partial charge in [-0.05, 0) is 49.9 Å². The topological polar surface area (TPSA) is 15.3 Å². The molecule has 2 aliphatic rings. The molecule has 0 bridgehead atoms. The minimum absolute atomic E-state index is 0.359. The van der Waals surface area contributed by atoms with E-state index in [1.807, 2.05) is 0 Å². The Bertz CT molecular complexity index is 320. The zero-order chi connectivity index (χ0) is 15.7. The van der Waals surface area contributed by atoms with E-state index in [4.69, 9.17) is 0 Å².